The number of piperidine rings is 1. The Balaban J connectivity index is 1.65. The third-order valence-corrected chi connectivity index (χ3v) is 6.80. The zero-order valence-corrected chi connectivity index (χ0v) is 20.8. The number of carboxylic acid groups (broad SMARTS) is 1. The van der Waals surface area contributed by atoms with E-state index in [4.69, 9.17) is 14.6 Å². The van der Waals surface area contributed by atoms with Gasteiger partial charge in [0.1, 0.15) is 11.6 Å². The summed E-state index contributed by atoms with van der Waals surface area (Å²) in [5.74, 6) is -1.12. The van der Waals surface area contributed by atoms with Crippen LogP contribution in [0.2, 0.25) is 0 Å². The predicted octanol–water partition coefficient (Wildman–Crippen LogP) is 3.12. The number of benzene rings is 1. The van der Waals surface area contributed by atoms with Crippen LogP contribution >= 0.6 is 0 Å². The first-order valence-corrected chi connectivity index (χ1v) is 12.7. The van der Waals surface area contributed by atoms with Gasteiger partial charge in [-0.15, -0.1) is 0 Å². The maximum atomic E-state index is 14.0. The summed E-state index contributed by atoms with van der Waals surface area (Å²) < 4.78 is 39.4. The molecule has 0 bridgehead atoms. The Hall–Kier alpha value is -2.50. The van der Waals surface area contributed by atoms with Crippen molar-refractivity contribution in [3.8, 4) is 0 Å². The Morgan fingerprint density at radius 1 is 1.19 bits per heavy atom. The fourth-order valence-corrected chi connectivity index (χ4v) is 5.12. The van der Waals surface area contributed by atoms with Gasteiger partial charge in [-0.2, -0.15) is 0 Å². The van der Waals surface area contributed by atoms with Gasteiger partial charge in [-0.05, 0) is 62.8 Å². The topological polar surface area (TPSA) is 112 Å². The van der Waals surface area contributed by atoms with Crippen molar-refractivity contribution in [2.75, 3.05) is 53.0 Å². The van der Waals surface area contributed by atoms with Crippen LogP contribution in [0.5, 0.6) is 0 Å². The third-order valence-electron chi connectivity index (χ3n) is 6.80. The summed E-state index contributed by atoms with van der Waals surface area (Å²) in [6.45, 7) is 3.18. The smallest absolute Gasteiger partial charge is 0.404 e. The molecule has 0 radical (unpaired) electrons. The SMILES string of the molecule is CNCC(CC1CCOCC1)NC(=O)N1CCCC(C(OCCNC(=O)O)c2cc(F)cc(F)c2)C1. The minimum Gasteiger partial charge on any atom is -0.465 e. The van der Waals surface area contributed by atoms with Crippen molar-refractivity contribution in [3.05, 3.63) is 35.4 Å². The first-order chi connectivity index (χ1) is 17.4. The van der Waals surface area contributed by atoms with Crippen LogP contribution in [0, 0.1) is 23.5 Å². The second-order valence-electron chi connectivity index (χ2n) is 9.57. The van der Waals surface area contributed by atoms with E-state index < -0.39 is 23.8 Å². The lowest BCUT2D eigenvalue weighted by Crippen LogP contribution is -2.52. The van der Waals surface area contributed by atoms with E-state index in [1.807, 2.05) is 7.05 Å². The van der Waals surface area contributed by atoms with Gasteiger partial charge in [-0.3, -0.25) is 0 Å². The normalized spacial score (nSPS) is 20.5. The Morgan fingerprint density at radius 3 is 2.58 bits per heavy atom. The van der Waals surface area contributed by atoms with Crippen LogP contribution in [-0.4, -0.2) is 81.2 Å². The fraction of sp³-hybridized carbons (Fsp3) is 0.680. The van der Waals surface area contributed by atoms with E-state index >= 15 is 0 Å². The number of hydrogen-bond acceptors (Lipinski definition) is 5. The summed E-state index contributed by atoms with van der Waals surface area (Å²) in [6.07, 6.45) is 2.42. The highest BCUT2D eigenvalue weighted by molar-refractivity contribution is 5.74. The van der Waals surface area contributed by atoms with E-state index in [-0.39, 0.29) is 31.1 Å². The van der Waals surface area contributed by atoms with Gasteiger partial charge in [0.2, 0.25) is 0 Å². The Labute approximate surface area is 210 Å². The van der Waals surface area contributed by atoms with Gasteiger partial charge >= 0.3 is 12.1 Å². The number of nitrogens with one attached hydrogen (secondary N) is 3. The molecular weight excluding hydrogens is 474 g/mol. The highest BCUT2D eigenvalue weighted by atomic mass is 19.1. The van der Waals surface area contributed by atoms with Crippen molar-refractivity contribution in [2.24, 2.45) is 11.8 Å². The van der Waals surface area contributed by atoms with Crippen LogP contribution in [0.3, 0.4) is 0 Å². The molecule has 2 heterocycles. The number of hydrogen-bond donors (Lipinski definition) is 4. The van der Waals surface area contributed by atoms with Gasteiger partial charge in [0.25, 0.3) is 0 Å². The Kier molecular flexibility index (Phi) is 11.1. The zero-order valence-electron chi connectivity index (χ0n) is 20.8. The van der Waals surface area contributed by atoms with Crippen LogP contribution in [0.1, 0.15) is 43.8 Å². The summed E-state index contributed by atoms with van der Waals surface area (Å²) in [5, 5.41) is 17.3. The predicted molar refractivity (Wildman–Crippen MR) is 130 cm³/mol. The van der Waals surface area contributed by atoms with Crippen LogP contribution in [0.15, 0.2) is 18.2 Å². The summed E-state index contributed by atoms with van der Waals surface area (Å²) in [7, 11) is 1.86. The van der Waals surface area contributed by atoms with E-state index in [1.54, 1.807) is 4.90 Å². The summed E-state index contributed by atoms with van der Waals surface area (Å²) >= 11 is 0. The number of amides is 3. The highest BCUT2D eigenvalue weighted by Gasteiger charge is 2.32. The fourth-order valence-electron chi connectivity index (χ4n) is 5.12. The number of nitrogens with zero attached hydrogens (tertiary/aromatic N) is 1. The number of carbonyl (C=O) groups is 2. The number of urea groups is 1. The van der Waals surface area contributed by atoms with Crippen molar-refractivity contribution in [2.45, 2.75) is 44.2 Å². The lowest BCUT2D eigenvalue weighted by Gasteiger charge is -2.38. The summed E-state index contributed by atoms with van der Waals surface area (Å²) in [4.78, 5) is 25.7. The lowest BCUT2D eigenvalue weighted by atomic mass is 9.88. The first-order valence-electron chi connectivity index (χ1n) is 12.7. The average Bonchev–Trinajstić information content (AvgIpc) is 2.84. The summed E-state index contributed by atoms with van der Waals surface area (Å²) in [5.41, 5.74) is 0.336. The molecule has 3 atom stereocenters. The van der Waals surface area contributed by atoms with Crippen LogP contribution < -0.4 is 16.0 Å². The molecule has 0 aliphatic carbocycles. The van der Waals surface area contributed by atoms with E-state index in [0.29, 0.717) is 37.5 Å². The van der Waals surface area contributed by atoms with Crippen molar-refractivity contribution in [3.63, 3.8) is 0 Å². The molecule has 4 N–H and O–H groups in total. The number of ether oxygens (including phenoxy) is 2. The Morgan fingerprint density at radius 2 is 1.92 bits per heavy atom. The number of likely N-dealkylation sites (tertiary alicyclic amines) is 1. The molecule has 0 aromatic heterocycles. The standard InChI is InChI=1S/C25H38F2N4O5/c1-28-15-22(11-17-4-8-35-9-5-17)30-24(32)31-7-2-3-18(16-31)23(36-10-6-29-25(33)34)19-12-20(26)14-21(27)13-19/h12-14,17-18,22-23,28-29H,2-11,15-16H2,1H3,(H,30,32)(H,33,34). The molecule has 1 aromatic carbocycles. The van der Waals surface area contributed by atoms with E-state index in [2.05, 4.69) is 16.0 Å². The molecule has 2 aliphatic rings. The molecule has 3 rings (SSSR count). The molecule has 11 heteroatoms. The molecule has 0 saturated carbocycles. The van der Waals surface area contributed by atoms with Crippen molar-refractivity contribution in [1.29, 1.82) is 0 Å². The summed E-state index contributed by atoms with van der Waals surface area (Å²) in [6, 6.07) is 3.08. The maximum absolute atomic E-state index is 14.0. The minimum absolute atomic E-state index is 0.0163. The van der Waals surface area contributed by atoms with Gasteiger partial charge in [0.05, 0.1) is 12.7 Å². The second kappa shape index (κ2) is 14.3. The third kappa shape index (κ3) is 8.86. The maximum Gasteiger partial charge on any atom is 0.404 e. The largest absolute Gasteiger partial charge is 0.465 e. The molecule has 3 amide bonds. The van der Waals surface area contributed by atoms with E-state index in [0.717, 1.165) is 45.0 Å². The van der Waals surface area contributed by atoms with Crippen LogP contribution in [0.4, 0.5) is 18.4 Å². The molecule has 2 aliphatic heterocycles. The van der Waals surface area contributed by atoms with Crippen molar-refractivity contribution < 1.29 is 33.0 Å². The van der Waals surface area contributed by atoms with Crippen LogP contribution in [0.25, 0.3) is 0 Å². The van der Waals surface area contributed by atoms with Crippen molar-refractivity contribution >= 4 is 12.1 Å². The molecule has 1 aromatic rings. The molecular formula is C25H38F2N4O5. The van der Waals surface area contributed by atoms with Gasteiger partial charge in [-0.25, -0.2) is 18.4 Å². The second-order valence-corrected chi connectivity index (χ2v) is 9.57. The molecule has 3 unspecified atom stereocenters. The van der Waals surface area contributed by atoms with Gasteiger partial charge < -0.3 is 35.4 Å². The highest BCUT2D eigenvalue weighted by Crippen LogP contribution is 2.34. The van der Waals surface area contributed by atoms with Crippen molar-refractivity contribution in [1.82, 2.24) is 20.9 Å². The minimum atomic E-state index is -1.18. The molecule has 36 heavy (non-hydrogen) atoms. The van der Waals surface area contributed by atoms with Gasteiger partial charge in [-0.1, -0.05) is 0 Å². The van der Waals surface area contributed by atoms with Gasteiger partial charge in [0, 0.05) is 57.4 Å². The van der Waals surface area contributed by atoms with Gasteiger partial charge in [0.15, 0.2) is 0 Å². The first kappa shape index (κ1) is 28.1. The lowest BCUT2D eigenvalue weighted by molar-refractivity contribution is -0.00887. The monoisotopic (exact) mass is 512 g/mol. The Bertz CT molecular complexity index is 835. The van der Waals surface area contributed by atoms with E-state index in [1.165, 1.54) is 12.1 Å². The number of likely N-dealkylation sites (N-methyl/N-ethyl adjacent to an activating group) is 1. The zero-order chi connectivity index (χ0) is 25.9. The van der Waals surface area contributed by atoms with Crippen LogP contribution in [-0.2, 0) is 9.47 Å². The quantitative estimate of drug-likeness (QED) is 0.339. The average molecular weight is 513 g/mol. The molecule has 2 fully saturated rings. The number of rotatable bonds is 11. The number of halogens is 2. The molecule has 9 nitrogen and oxygen atoms in total. The number of carbonyl (C=O) groups excluding carboxylic acids is 1. The van der Waals surface area contributed by atoms with E-state index in [9.17, 15) is 18.4 Å². The molecule has 202 valence electrons. The molecule has 2 saturated heterocycles. The molecule has 0 spiro atoms.